The second-order valence-electron chi connectivity index (χ2n) is 11.0. The van der Waals surface area contributed by atoms with Crippen molar-refractivity contribution < 1.29 is 19.1 Å². The fraction of sp³-hybridized carbons (Fsp3) is 0.448. The van der Waals surface area contributed by atoms with Crippen LogP contribution in [0.3, 0.4) is 0 Å². The van der Waals surface area contributed by atoms with E-state index < -0.39 is 6.03 Å². The quantitative estimate of drug-likeness (QED) is 0.374. The number of hydrazine groups is 1. The number of ether oxygens (including phenoxy) is 1. The number of anilines is 1. The van der Waals surface area contributed by atoms with Crippen molar-refractivity contribution >= 4 is 34.7 Å². The first kappa shape index (κ1) is 26.3. The summed E-state index contributed by atoms with van der Waals surface area (Å²) in [6, 6.07) is 9.01. The lowest BCUT2D eigenvalue weighted by Gasteiger charge is -2.36. The van der Waals surface area contributed by atoms with Gasteiger partial charge in [-0.1, -0.05) is 12.1 Å². The van der Waals surface area contributed by atoms with Gasteiger partial charge in [-0.15, -0.1) is 11.3 Å². The highest BCUT2D eigenvalue weighted by molar-refractivity contribution is 7.17. The molecule has 41 heavy (non-hydrogen) atoms. The molecular formula is C29H33N7O4S. The molecule has 0 bridgehead atoms. The number of piperidine rings is 1. The van der Waals surface area contributed by atoms with Gasteiger partial charge in [-0.25, -0.2) is 14.8 Å². The van der Waals surface area contributed by atoms with Crippen LogP contribution in [0.15, 0.2) is 30.3 Å². The minimum Gasteiger partial charge on any atom is -0.379 e. The Morgan fingerprint density at radius 2 is 1.76 bits per heavy atom. The average molecular weight is 576 g/mol. The number of carbonyl (C=O) groups excluding carboxylic acids is 3. The summed E-state index contributed by atoms with van der Waals surface area (Å²) in [7, 11) is 0. The largest absolute Gasteiger partial charge is 0.379 e. The number of rotatable bonds is 5. The van der Waals surface area contributed by atoms with E-state index in [2.05, 4.69) is 15.1 Å². The zero-order chi connectivity index (χ0) is 28.1. The molecule has 3 N–H and O–H groups in total. The first-order valence-electron chi connectivity index (χ1n) is 14.3. The van der Waals surface area contributed by atoms with E-state index in [1.165, 1.54) is 42.3 Å². The van der Waals surface area contributed by atoms with Crippen LogP contribution in [-0.4, -0.2) is 101 Å². The van der Waals surface area contributed by atoms with Crippen molar-refractivity contribution in [2.24, 2.45) is 5.73 Å². The number of hydrogen-bond acceptors (Lipinski definition) is 8. The van der Waals surface area contributed by atoms with E-state index in [4.69, 9.17) is 10.5 Å². The van der Waals surface area contributed by atoms with Gasteiger partial charge in [-0.05, 0) is 57.0 Å². The van der Waals surface area contributed by atoms with Gasteiger partial charge in [0.25, 0.3) is 5.91 Å². The number of likely N-dealkylation sites (tertiary alicyclic amines) is 2. The number of nitrogens with one attached hydrogen (secondary N) is 1. The van der Waals surface area contributed by atoms with Crippen molar-refractivity contribution in [1.82, 2.24) is 25.0 Å². The molecule has 1 aromatic carbocycles. The third-order valence-electron chi connectivity index (χ3n) is 8.70. The number of hydrogen-bond donors (Lipinski definition) is 2. The molecule has 4 aliphatic rings. The van der Waals surface area contributed by atoms with Gasteiger partial charge in [0.15, 0.2) is 5.78 Å². The van der Waals surface area contributed by atoms with Gasteiger partial charge < -0.3 is 20.3 Å². The summed E-state index contributed by atoms with van der Waals surface area (Å²) in [6.45, 7) is 5.80. The van der Waals surface area contributed by atoms with Crippen molar-refractivity contribution in [2.75, 3.05) is 57.5 Å². The molecule has 7 rings (SSSR count). The number of urea groups is 1. The Hall–Kier alpha value is -3.58. The van der Waals surface area contributed by atoms with E-state index in [0.29, 0.717) is 71.0 Å². The summed E-state index contributed by atoms with van der Waals surface area (Å²) >= 11 is 1.37. The fourth-order valence-electron chi connectivity index (χ4n) is 6.66. The summed E-state index contributed by atoms with van der Waals surface area (Å²) in [5, 5.41) is 10.7. The van der Waals surface area contributed by atoms with Crippen LogP contribution in [0.25, 0.3) is 21.8 Å². The summed E-state index contributed by atoms with van der Waals surface area (Å²) in [4.78, 5) is 45.9. The molecule has 0 spiro atoms. The minimum atomic E-state index is -0.662. The van der Waals surface area contributed by atoms with Gasteiger partial charge in [0, 0.05) is 37.8 Å². The van der Waals surface area contributed by atoms with Crippen LogP contribution in [0.5, 0.6) is 0 Å². The second kappa shape index (κ2) is 10.7. The summed E-state index contributed by atoms with van der Waals surface area (Å²) < 4.78 is 5.44. The van der Waals surface area contributed by atoms with Crippen LogP contribution < -0.4 is 10.7 Å². The SMILES string of the molecule is NC(=O)N(c1cccc2c1C(=O)c1c-2n[nH]c1-c1ccc(C(=O)N2CCC(N3CCCC3)CC2)s1)N1CCOCC1. The Morgan fingerprint density at radius 3 is 2.49 bits per heavy atom. The molecule has 214 valence electrons. The zero-order valence-electron chi connectivity index (χ0n) is 22.8. The van der Waals surface area contributed by atoms with Crippen molar-refractivity contribution in [1.29, 1.82) is 0 Å². The van der Waals surface area contributed by atoms with Gasteiger partial charge in [0.05, 0.1) is 45.5 Å². The number of thiophene rings is 1. The lowest BCUT2D eigenvalue weighted by Crippen LogP contribution is -2.54. The van der Waals surface area contributed by atoms with E-state index >= 15 is 0 Å². The number of aromatic nitrogens is 2. The molecule has 3 fully saturated rings. The van der Waals surface area contributed by atoms with Gasteiger partial charge in [-0.2, -0.15) is 5.10 Å². The predicted molar refractivity (Wildman–Crippen MR) is 155 cm³/mol. The number of H-pyrrole nitrogens is 1. The third-order valence-corrected chi connectivity index (χ3v) is 9.79. The number of primary amides is 1. The highest BCUT2D eigenvalue weighted by Gasteiger charge is 2.38. The Labute approximate surface area is 241 Å². The fourth-order valence-corrected chi connectivity index (χ4v) is 7.64. The highest BCUT2D eigenvalue weighted by Crippen LogP contribution is 2.45. The smallest absolute Gasteiger partial charge is 0.334 e. The molecule has 12 heteroatoms. The van der Waals surface area contributed by atoms with E-state index in [9.17, 15) is 14.4 Å². The lowest BCUT2D eigenvalue weighted by atomic mass is 10.0. The number of carbonyl (C=O) groups is 3. The van der Waals surface area contributed by atoms with Crippen LogP contribution >= 0.6 is 11.3 Å². The van der Waals surface area contributed by atoms with E-state index in [1.807, 2.05) is 28.1 Å². The highest BCUT2D eigenvalue weighted by atomic mass is 32.1. The maximum absolute atomic E-state index is 13.9. The Morgan fingerprint density at radius 1 is 1.00 bits per heavy atom. The molecule has 0 radical (unpaired) electrons. The number of nitrogens with two attached hydrogens (primary N) is 1. The average Bonchev–Trinajstić information content (AvgIpc) is 3.80. The molecule has 0 atom stereocenters. The van der Waals surface area contributed by atoms with Crippen LogP contribution in [0, 0.1) is 0 Å². The molecule has 0 unspecified atom stereocenters. The number of morpholine rings is 1. The summed E-state index contributed by atoms with van der Waals surface area (Å²) in [5.74, 6) is -0.184. The van der Waals surface area contributed by atoms with Crippen molar-refractivity contribution in [3.8, 4) is 21.8 Å². The first-order valence-corrected chi connectivity index (χ1v) is 15.1. The first-order chi connectivity index (χ1) is 20.0. The molecule has 5 heterocycles. The minimum absolute atomic E-state index is 0.0387. The lowest BCUT2D eigenvalue weighted by molar-refractivity contribution is 0.0364. The molecule has 3 saturated heterocycles. The molecule has 11 nitrogen and oxygen atoms in total. The maximum Gasteiger partial charge on any atom is 0.334 e. The molecule has 3 aromatic rings. The van der Waals surface area contributed by atoms with E-state index in [1.54, 1.807) is 12.1 Å². The normalized spacial score (nSPS) is 19.9. The Balaban J connectivity index is 1.13. The number of aromatic amines is 1. The topological polar surface area (TPSA) is 128 Å². The van der Waals surface area contributed by atoms with Gasteiger partial charge in [-0.3, -0.25) is 14.7 Å². The number of amides is 3. The van der Waals surface area contributed by atoms with Gasteiger partial charge >= 0.3 is 6.03 Å². The molecule has 0 saturated carbocycles. The molecule has 3 aliphatic heterocycles. The van der Waals surface area contributed by atoms with Crippen LogP contribution in [0.4, 0.5) is 10.5 Å². The van der Waals surface area contributed by atoms with Crippen LogP contribution in [0.1, 0.15) is 51.3 Å². The standard InChI is InChI=1S/C29H33N7O4S/c30-29(39)36(35-14-16-40-17-15-35)20-5-3-4-19-23(20)27(37)24-25(19)31-32-26(24)21-6-7-22(41-21)28(38)34-12-8-18(9-13-34)33-10-1-2-11-33/h3-7,18H,1-2,8-17H2,(H2,30,39)(H,31,32). The maximum atomic E-state index is 13.9. The van der Waals surface area contributed by atoms with E-state index in [0.717, 1.165) is 30.8 Å². The monoisotopic (exact) mass is 575 g/mol. The Kier molecular flexibility index (Phi) is 6.86. The molecular weight excluding hydrogens is 542 g/mol. The van der Waals surface area contributed by atoms with Crippen LogP contribution in [-0.2, 0) is 4.74 Å². The molecule has 3 amide bonds. The Bertz CT molecular complexity index is 1500. The number of fused-ring (bicyclic) bond motifs is 3. The van der Waals surface area contributed by atoms with Crippen molar-refractivity contribution in [3.05, 3.63) is 46.3 Å². The van der Waals surface area contributed by atoms with Crippen LogP contribution in [0.2, 0.25) is 0 Å². The number of benzene rings is 1. The summed E-state index contributed by atoms with van der Waals surface area (Å²) in [6.07, 6.45) is 4.58. The predicted octanol–water partition coefficient (Wildman–Crippen LogP) is 3.18. The van der Waals surface area contributed by atoms with Crippen molar-refractivity contribution in [3.63, 3.8) is 0 Å². The number of ketones is 1. The number of nitrogens with zero attached hydrogens (tertiary/aromatic N) is 5. The molecule has 2 aromatic heterocycles. The van der Waals surface area contributed by atoms with Gasteiger partial charge in [0.1, 0.15) is 5.69 Å². The zero-order valence-corrected chi connectivity index (χ0v) is 23.6. The van der Waals surface area contributed by atoms with Gasteiger partial charge in [0.2, 0.25) is 0 Å². The third kappa shape index (κ3) is 4.55. The van der Waals surface area contributed by atoms with Crippen molar-refractivity contribution in [2.45, 2.75) is 31.7 Å². The summed E-state index contributed by atoms with van der Waals surface area (Å²) in [5.41, 5.74) is 8.87. The second-order valence-corrected chi connectivity index (χ2v) is 12.1. The van der Waals surface area contributed by atoms with E-state index in [-0.39, 0.29) is 11.7 Å². The molecule has 1 aliphatic carbocycles.